The lowest BCUT2D eigenvalue weighted by Crippen LogP contribution is -2.12. The van der Waals surface area contributed by atoms with Crippen molar-refractivity contribution in [2.45, 2.75) is 13.5 Å². The summed E-state index contributed by atoms with van der Waals surface area (Å²) in [6.07, 6.45) is 0. The van der Waals surface area contributed by atoms with Gasteiger partial charge in [0.15, 0.2) is 0 Å². The summed E-state index contributed by atoms with van der Waals surface area (Å²) >= 11 is 0. The molecule has 3 heteroatoms. The van der Waals surface area contributed by atoms with Crippen molar-refractivity contribution in [1.29, 1.82) is 0 Å². The SMILES string of the molecule is Cc1ccccc1NCCOc1ccc(CN)cc1. The third-order valence-corrected chi connectivity index (χ3v) is 2.99. The number of para-hydroxylation sites is 1. The molecule has 0 aromatic heterocycles. The van der Waals surface area contributed by atoms with E-state index < -0.39 is 0 Å². The number of rotatable bonds is 6. The number of hydrogen-bond acceptors (Lipinski definition) is 3. The molecule has 0 aliphatic heterocycles. The van der Waals surface area contributed by atoms with E-state index in [-0.39, 0.29) is 0 Å². The molecule has 19 heavy (non-hydrogen) atoms. The van der Waals surface area contributed by atoms with Crippen LogP contribution in [0.2, 0.25) is 0 Å². The highest BCUT2D eigenvalue weighted by Crippen LogP contribution is 2.13. The number of benzene rings is 2. The van der Waals surface area contributed by atoms with Crippen molar-refractivity contribution in [2.75, 3.05) is 18.5 Å². The van der Waals surface area contributed by atoms with Gasteiger partial charge in [0.1, 0.15) is 12.4 Å². The first kappa shape index (κ1) is 13.4. The van der Waals surface area contributed by atoms with Crippen LogP contribution in [0.5, 0.6) is 5.75 Å². The average molecular weight is 256 g/mol. The summed E-state index contributed by atoms with van der Waals surface area (Å²) in [5.41, 5.74) is 9.07. The van der Waals surface area contributed by atoms with Gasteiger partial charge in [-0.15, -0.1) is 0 Å². The van der Waals surface area contributed by atoms with E-state index in [1.54, 1.807) is 0 Å². The van der Waals surface area contributed by atoms with Crippen molar-refractivity contribution in [2.24, 2.45) is 5.73 Å². The zero-order valence-corrected chi connectivity index (χ0v) is 11.2. The Kier molecular flexibility index (Phi) is 4.81. The Balaban J connectivity index is 1.76. The predicted molar refractivity (Wildman–Crippen MR) is 79.5 cm³/mol. The Hall–Kier alpha value is -2.00. The third-order valence-electron chi connectivity index (χ3n) is 2.99. The summed E-state index contributed by atoms with van der Waals surface area (Å²) in [5, 5.41) is 3.36. The van der Waals surface area contributed by atoms with E-state index in [1.165, 1.54) is 5.56 Å². The number of nitrogens with two attached hydrogens (primary N) is 1. The molecule has 0 fully saturated rings. The maximum Gasteiger partial charge on any atom is 0.119 e. The van der Waals surface area contributed by atoms with Crippen molar-refractivity contribution in [3.8, 4) is 5.75 Å². The monoisotopic (exact) mass is 256 g/mol. The summed E-state index contributed by atoms with van der Waals surface area (Å²) in [6.45, 7) is 4.07. The lowest BCUT2D eigenvalue weighted by atomic mass is 10.2. The largest absolute Gasteiger partial charge is 0.492 e. The summed E-state index contributed by atoms with van der Waals surface area (Å²) < 4.78 is 5.66. The van der Waals surface area contributed by atoms with Crippen LogP contribution in [0.4, 0.5) is 5.69 Å². The summed E-state index contributed by atoms with van der Waals surface area (Å²) in [5.74, 6) is 0.879. The van der Waals surface area contributed by atoms with Crippen LogP contribution in [0, 0.1) is 6.92 Å². The van der Waals surface area contributed by atoms with Gasteiger partial charge in [0, 0.05) is 18.8 Å². The second-order valence-corrected chi connectivity index (χ2v) is 4.44. The number of ether oxygens (including phenoxy) is 1. The van der Waals surface area contributed by atoms with Gasteiger partial charge in [-0.1, -0.05) is 30.3 Å². The Bertz CT molecular complexity index is 508. The van der Waals surface area contributed by atoms with Crippen LogP contribution in [0.25, 0.3) is 0 Å². The number of hydrogen-bond donors (Lipinski definition) is 2. The number of aryl methyl sites for hydroxylation is 1. The van der Waals surface area contributed by atoms with Crippen molar-refractivity contribution in [3.05, 3.63) is 59.7 Å². The van der Waals surface area contributed by atoms with Crippen molar-refractivity contribution < 1.29 is 4.74 Å². The molecule has 0 heterocycles. The van der Waals surface area contributed by atoms with Gasteiger partial charge < -0.3 is 15.8 Å². The zero-order chi connectivity index (χ0) is 13.5. The van der Waals surface area contributed by atoms with Crippen LogP contribution in [0.15, 0.2) is 48.5 Å². The highest BCUT2D eigenvalue weighted by molar-refractivity contribution is 5.50. The first-order chi connectivity index (χ1) is 9.29. The highest BCUT2D eigenvalue weighted by Gasteiger charge is 1.97. The molecule has 2 aromatic carbocycles. The smallest absolute Gasteiger partial charge is 0.119 e. The van der Waals surface area contributed by atoms with E-state index in [9.17, 15) is 0 Å². The lowest BCUT2D eigenvalue weighted by molar-refractivity contribution is 0.333. The van der Waals surface area contributed by atoms with E-state index in [0.29, 0.717) is 13.2 Å². The average Bonchev–Trinajstić information content (AvgIpc) is 2.46. The number of nitrogens with one attached hydrogen (secondary N) is 1. The molecule has 0 bridgehead atoms. The van der Waals surface area contributed by atoms with E-state index in [4.69, 9.17) is 10.5 Å². The molecule has 100 valence electrons. The molecule has 0 spiro atoms. The Morgan fingerprint density at radius 2 is 1.79 bits per heavy atom. The molecule has 0 amide bonds. The fourth-order valence-electron chi connectivity index (χ4n) is 1.85. The first-order valence-electron chi connectivity index (χ1n) is 6.51. The fourth-order valence-corrected chi connectivity index (χ4v) is 1.85. The van der Waals surface area contributed by atoms with E-state index in [1.807, 2.05) is 36.4 Å². The molecule has 0 saturated carbocycles. The molecule has 3 N–H and O–H groups in total. The van der Waals surface area contributed by atoms with Gasteiger partial charge in [0.05, 0.1) is 0 Å². The molecular weight excluding hydrogens is 236 g/mol. The molecular formula is C16H20N2O. The minimum absolute atomic E-state index is 0.565. The minimum Gasteiger partial charge on any atom is -0.492 e. The Labute approximate surface area is 114 Å². The van der Waals surface area contributed by atoms with Gasteiger partial charge in [0.2, 0.25) is 0 Å². The van der Waals surface area contributed by atoms with Crippen LogP contribution in [-0.2, 0) is 6.54 Å². The minimum atomic E-state index is 0.565. The third kappa shape index (κ3) is 4.00. The Morgan fingerprint density at radius 3 is 2.47 bits per heavy atom. The topological polar surface area (TPSA) is 47.3 Å². The van der Waals surface area contributed by atoms with Gasteiger partial charge in [-0.05, 0) is 36.2 Å². The van der Waals surface area contributed by atoms with Gasteiger partial charge in [0.25, 0.3) is 0 Å². The van der Waals surface area contributed by atoms with Crippen molar-refractivity contribution in [1.82, 2.24) is 0 Å². The highest BCUT2D eigenvalue weighted by atomic mass is 16.5. The second-order valence-electron chi connectivity index (χ2n) is 4.44. The van der Waals surface area contributed by atoms with Gasteiger partial charge >= 0.3 is 0 Å². The Morgan fingerprint density at radius 1 is 1.05 bits per heavy atom. The molecule has 0 aliphatic carbocycles. The van der Waals surface area contributed by atoms with Crippen LogP contribution in [-0.4, -0.2) is 13.2 Å². The molecule has 2 rings (SSSR count). The summed E-state index contributed by atoms with van der Waals surface area (Å²) in [4.78, 5) is 0. The van der Waals surface area contributed by atoms with Crippen LogP contribution in [0.1, 0.15) is 11.1 Å². The maximum absolute atomic E-state index is 5.66. The quantitative estimate of drug-likeness (QED) is 0.781. The van der Waals surface area contributed by atoms with Gasteiger partial charge in [-0.25, -0.2) is 0 Å². The second kappa shape index (κ2) is 6.81. The fraction of sp³-hybridized carbons (Fsp3) is 0.250. The zero-order valence-electron chi connectivity index (χ0n) is 11.2. The van der Waals surface area contributed by atoms with Gasteiger partial charge in [-0.3, -0.25) is 0 Å². The molecule has 0 radical (unpaired) electrons. The van der Waals surface area contributed by atoms with Crippen molar-refractivity contribution in [3.63, 3.8) is 0 Å². The van der Waals surface area contributed by atoms with Gasteiger partial charge in [-0.2, -0.15) is 0 Å². The molecule has 2 aromatic rings. The maximum atomic E-state index is 5.66. The van der Waals surface area contributed by atoms with Crippen LogP contribution in [0.3, 0.4) is 0 Å². The lowest BCUT2D eigenvalue weighted by Gasteiger charge is -2.10. The number of anilines is 1. The summed E-state index contributed by atoms with van der Waals surface area (Å²) in [6, 6.07) is 16.1. The van der Waals surface area contributed by atoms with E-state index in [2.05, 4.69) is 24.4 Å². The molecule has 0 saturated heterocycles. The van der Waals surface area contributed by atoms with E-state index >= 15 is 0 Å². The molecule has 0 unspecified atom stereocenters. The molecule has 3 nitrogen and oxygen atoms in total. The molecule has 0 atom stereocenters. The standard InChI is InChI=1S/C16H20N2O/c1-13-4-2-3-5-16(13)18-10-11-19-15-8-6-14(12-17)7-9-15/h2-9,18H,10-12,17H2,1H3. The van der Waals surface area contributed by atoms with Crippen molar-refractivity contribution >= 4 is 5.69 Å². The molecule has 0 aliphatic rings. The summed E-state index contributed by atoms with van der Waals surface area (Å²) in [7, 11) is 0. The van der Waals surface area contributed by atoms with Crippen LogP contribution < -0.4 is 15.8 Å². The van der Waals surface area contributed by atoms with E-state index in [0.717, 1.165) is 23.5 Å². The predicted octanol–water partition coefficient (Wildman–Crippen LogP) is 2.94. The van der Waals surface area contributed by atoms with Crippen LogP contribution >= 0.6 is 0 Å². The normalized spacial score (nSPS) is 10.2. The first-order valence-corrected chi connectivity index (χ1v) is 6.51.